The molecule has 0 aliphatic rings. The van der Waals surface area contributed by atoms with Gasteiger partial charge in [0.25, 0.3) is 0 Å². The zero-order valence-electron chi connectivity index (χ0n) is 18.0. The molecule has 0 fully saturated rings. The van der Waals surface area contributed by atoms with E-state index in [0.717, 1.165) is 0 Å². The maximum Gasteiger partial charge on any atom is 0.333 e. The van der Waals surface area contributed by atoms with Crippen molar-refractivity contribution in [3.8, 4) is 0 Å². The molecule has 180 valence electrons. The van der Waals surface area contributed by atoms with Crippen LogP contribution in [0.15, 0.2) is 0 Å². The number of carboxylic acid groups (broad SMARTS) is 2. The molecule has 0 spiro atoms. The van der Waals surface area contributed by atoms with Crippen LogP contribution in [0.3, 0.4) is 0 Å². The van der Waals surface area contributed by atoms with Crippen LogP contribution in [-0.2, 0) is 28.7 Å². The smallest absolute Gasteiger partial charge is 0.333 e. The van der Waals surface area contributed by atoms with E-state index in [9.17, 15) is 19.2 Å². The molecule has 0 bridgehead atoms. The van der Waals surface area contributed by atoms with Crippen molar-refractivity contribution in [2.75, 3.05) is 40.4 Å². The number of nitrogens with one attached hydrogen (secondary N) is 2. The maximum atomic E-state index is 10.7. The van der Waals surface area contributed by atoms with Crippen molar-refractivity contribution in [2.45, 2.75) is 26.4 Å². The molecule has 15 nitrogen and oxygen atoms in total. The number of nitrogens with two attached hydrogens (primary N) is 2. The van der Waals surface area contributed by atoms with Crippen LogP contribution < -0.4 is 11.5 Å². The number of hydrogen-bond donors (Lipinski definition) is 7. The van der Waals surface area contributed by atoms with E-state index < -0.39 is 24.5 Å². The van der Waals surface area contributed by atoms with Gasteiger partial charge in [0.1, 0.15) is 13.1 Å². The van der Waals surface area contributed by atoms with Gasteiger partial charge in [-0.05, 0) is 13.8 Å². The van der Waals surface area contributed by atoms with E-state index in [-0.39, 0.29) is 36.9 Å². The summed E-state index contributed by atoms with van der Waals surface area (Å²) in [6, 6.07) is 0. The Labute approximate surface area is 179 Å². The van der Waals surface area contributed by atoms with Gasteiger partial charge in [-0.25, -0.2) is 4.79 Å². The van der Waals surface area contributed by atoms with E-state index in [1.54, 1.807) is 27.9 Å². The number of likely N-dealkylation sites (N-methyl/N-ethyl adjacent to an activating group) is 2. The molecule has 15 heteroatoms. The monoisotopic (exact) mass is 452 g/mol. The van der Waals surface area contributed by atoms with Crippen LogP contribution in [0, 0.1) is 10.8 Å². The lowest BCUT2D eigenvalue weighted by Crippen LogP contribution is -2.37. The van der Waals surface area contributed by atoms with Crippen LogP contribution in [0.25, 0.3) is 0 Å². The van der Waals surface area contributed by atoms with Gasteiger partial charge in [-0.1, -0.05) is 0 Å². The second-order valence-electron chi connectivity index (χ2n) is 5.54. The molecule has 0 aliphatic carbocycles. The predicted octanol–water partition coefficient (Wildman–Crippen LogP) is -2.34. The molecule has 0 aliphatic heterocycles. The Morgan fingerprint density at radius 1 is 0.871 bits per heavy atom. The van der Waals surface area contributed by atoms with E-state index in [1.807, 2.05) is 0 Å². The first-order valence-corrected chi connectivity index (χ1v) is 8.73. The molecule has 31 heavy (non-hydrogen) atoms. The van der Waals surface area contributed by atoms with Crippen LogP contribution in [0.4, 0.5) is 0 Å². The quantitative estimate of drug-likeness (QED) is 0.110. The molecule has 1 atom stereocenters. The van der Waals surface area contributed by atoms with Gasteiger partial charge < -0.3 is 46.1 Å². The highest BCUT2D eigenvalue weighted by Gasteiger charge is 2.16. The summed E-state index contributed by atoms with van der Waals surface area (Å²) in [6.07, 6.45) is -2.54. The third-order valence-electron chi connectivity index (χ3n) is 2.82. The van der Waals surface area contributed by atoms with E-state index >= 15 is 0 Å². The van der Waals surface area contributed by atoms with Crippen molar-refractivity contribution >= 4 is 35.8 Å². The third kappa shape index (κ3) is 22.5. The second-order valence-corrected chi connectivity index (χ2v) is 5.54. The van der Waals surface area contributed by atoms with Gasteiger partial charge in [-0.3, -0.25) is 25.2 Å². The van der Waals surface area contributed by atoms with E-state index in [1.165, 1.54) is 9.80 Å². The zero-order chi connectivity index (χ0) is 25.1. The summed E-state index contributed by atoms with van der Waals surface area (Å²) in [5, 5.41) is 38.0. The minimum absolute atomic E-state index is 0.0309. The van der Waals surface area contributed by atoms with Crippen molar-refractivity contribution in [3.63, 3.8) is 0 Å². The standard InChI is InChI=1S/2C6H13N3O2.C4H6O5/c2*1-3-11-5(10)4-9(2)6(7)8;5-2(4(8)9)1-3(6)7/h2*3-4H2,1-2H3,(H3,7,8);2,5H,1H2,(H,6,7)(H,8,9). The number of nitrogens with zero attached hydrogens (tertiary/aromatic N) is 2. The fourth-order valence-corrected chi connectivity index (χ4v) is 1.22. The molecule has 0 heterocycles. The average Bonchev–Trinajstić information content (AvgIpc) is 2.62. The molecule has 0 saturated carbocycles. The highest BCUT2D eigenvalue weighted by atomic mass is 16.5. The Hall–Kier alpha value is -3.62. The summed E-state index contributed by atoms with van der Waals surface area (Å²) in [5.41, 5.74) is 10.2. The number of hydrogen-bond acceptors (Lipinski definition) is 9. The number of aliphatic hydroxyl groups excluding tert-OH is 1. The molecule has 0 aromatic rings. The summed E-state index contributed by atoms with van der Waals surface area (Å²) in [7, 11) is 3.11. The Balaban J connectivity index is -0.000000382. The predicted molar refractivity (Wildman–Crippen MR) is 108 cm³/mol. The molecule has 0 aromatic heterocycles. The molecule has 9 N–H and O–H groups in total. The largest absolute Gasteiger partial charge is 0.481 e. The first kappa shape index (κ1) is 32.1. The first-order chi connectivity index (χ1) is 14.2. The number of carboxylic acids is 2. The number of guanidine groups is 2. The number of carbonyl (C=O) groups excluding carboxylic acids is 2. The molecular formula is C16H32N6O9. The number of aliphatic carboxylic acids is 2. The zero-order valence-corrected chi connectivity index (χ0v) is 18.0. The van der Waals surface area contributed by atoms with Gasteiger partial charge in [-0.2, -0.15) is 0 Å². The average molecular weight is 452 g/mol. The maximum absolute atomic E-state index is 10.7. The Morgan fingerprint density at radius 3 is 1.35 bits per heavy atom. The normalized spacial score (nSPS) is 9.97. The first-order valence-electron chi connectivity index (χ1n) is 8.73. The van der Waals surface area contributed by atoms with Crippen LogP contribution >= 0.6 is 0 Å². The Kier molecular flexibility index (Phi) is 19.0. The van der Waals surface area contributed by atoms with Crippen molar-refractivity contribution in [2.24, 2.45) is 11.5 Å². The summed E-state index contributed by atoms with van der Waals surface area (Å²) >= 11 is 0. The topological polar surface area (TPSA) is 254 Å². The van der Waals surface area contributed by atoms with E-state index in [0.29, 0.717) is 13.2 Å². The summed E-state index contributed by atoms with van der Waals surface area (Å²) in [6.45, 7) is 4.22. The van der Waals surface area contributed by atoms with Crippen molar-refractivity contribution in [1.29, 1.82) is 10.8 Å². The summed E-state index contributed by atoms with van der Waals surface area (Å²) < 4.78 is 9.26. The lowest BCUT2D eigenvalue weighted by atomic mass is 10.3. The molecule has 0 amide bonds. The van der Waals surface area contributed by atoms with Crippen molar-refractivity contribution < 1.29 is 44.0 Å². The van der Waals surface area contributed by atoms with Crippen LogP contribution in [-0.4, -0.2) is 107 Å². The van der Waals surface area contributed by atoms with E-state index in [2.05, 4.69) is 9.47 Å². The second kappa shape index (κ2) is 18.4. The number of aliphatic hydroxyl groups is 1. The third-order valence-corrected chi connectivity index (χ3v) is 2.82. The van der Waals surface area contributed by atoms with Gasteiger partial charge in [-0.15, -0.1) is 0 Å². The summed E-state index contributed by atoms with van der Waals surface area (Å²) in [5.74, 6) is -3.87. The highest BCUT2D eigenvalue weighted by Crippen LogP contribution is 1.89. The minimum Gasteiger partial charge on any atom is -0.481 e. The lowest BCUT2D eigenvalue weighted by molar-refractivity contribution is -0.152. The Bertz CT molecular complexity index is 578. The van der Waals surface area contributed by atoms with Gasteiger partial charge in [0.05, 0.1) is 19.6 Å². The van der Waals surface area contributed by atoms with Gasteiger partial charge in [0.2, 0.25) is 0 Å². The molecule has 0 radical (unpaired) electrons. The molecule has 0 saturated heterocycles. The molecule has 0 aromatic carbocycles. The van der Waals surface area contributed by atoms with Crippen molar-refractivity contribution in [1.82, 2.24) is 9.80 Å². The molecule has 0 rings (SSSR count). The fraction of sp³-hybridized carbons (Fsp3) is 0.625. The number of rotatable bonds is 9. The van der Waals surface area contributed by atoms with Crippen LogP contribution in [0.5, 0.6) is 0 Å². The minimum atomic E-state index is -1.79. The fourth-order valence-electron chi connectivity index (χ4n) is 1.22. The van der Waals surface area contributed by atoms with E-state index in [4.69, 9.17) is 37.6 Å². The van der Waals surface area contributed by atoms with Crippen LogP contribution in [0.1, 0.15) is 20.3 Å². The number of esters is 2. The lowest BCUT2D eigenvalue weighted by Gasteiger charge is -2.14. The van der Waals surface area contributed by atoms with Gasteiger partial charge >= 0.3 is 23.9 Å². The molecular weight excluding hydrogens is 420 g/mol. The Morgan fingerprint density at radius 2 is 1.19 bits per heavy atom. The number of ether oxygens (including phenoxy) is 2. The highest BCUT2D eigenvalue weighted by molar-refractivity contribution is 5.81. The molecule has 1 unspecified atom stereocenters. The number of carbonyl (C=O) groups is 4. The van der Waals surface area contributed by atoms with Gasteiger partial charge in [0, 0.05) is 14.1 Å². The van der Waals surface area contributed by atoms with Crippen molar-refractivity contribution in [3.05, 3.63) is 0 Å². The van der Waals surface area contributed by atoms with Crippen LogP contribution in [0.2, 0.25) is 0 Å². The van der Waals surface area contributed by atoms with Gasteiger partial charge in [0.15, 0.2) is 18.0 Å². The SMILES string of the molecule is CCOC(=O)CN(C)C(=N)N.CCOC(=O)CN(C)C(=N)N.O=C(O)CC(O)C(=O)O. The summed E-state index contributed by atoms with van der Waals surface area (Å²) in [4.78, 5) is 43.5.